The van der Waals surface area contributed by atoms with Gasteiger partial charge in [0, 0.05) is 0 Å². The molecule has 0 aliphatic heterocycles. The van der Waals surface area contributed by atoms with Gasteiger partial charge in [-0.2, -0.15) is 0 Å². The average Bonchev–Trinajstić information content (AvgIpc) is 2.23. The molecule has 0 saturated heterocycles. The summed E-state index contributed by atoms with van der Waals surface area (Å²) < 4.78 is 0. The molecule has 0 heterocycles. The number of alkyl halides is 1. The molecule has 3 atom stereocenters. The maximum atomic E-state index is 11.3. The molecule has 16 heavy (non-hydrogen) atoms. The average molecular weight is 253 g/mol. The van der Waals surface area contributed by atoms with Gasteiger partial charge in [-0.15, -0.1) is 11.6 Å². The number of halogens is 1. The van der Waals surface area contributed by atoms with Gasteiger partial charge >= 0.3 is 0 Å². The predicted octanol–water partition coefficient (Wildman–Crippen LogP) is -1.57. The molecule has 0 spiro atoms. The monoisotopic (exact) mass is 252 g/mol. The van der Waals surface area contributed by atoms with Crippen molar-refractivity contribution in [1.29, 1.82) is 0 Å². The van der Waals surface area contributed by atoms with E-state index >= 15 is 0 Å². The maximum absolute atomic E-state index is 11.3. The molecule has 3 unspecified atom stereocenters. The minimum absolute atomic E-state index is 0.724. The highest BCUT2D eigenvalue weighted by molar-refractivity contribution is 6.31. The van der Waals surface area contributed by atoms with Crippen LogP contribution in [0.15, 0.2) is 0 Å². The van der Waals surface area contributed by atoms with Crippen molar-refractivity contribution in [3.63, 3.8) is 0 Å². The molecular formula is C9H13ClO6. The van der Waals surface area contributed by atoms with Crippen LogP contribution < -0.4 is 0 Å². The first-order valence-electron chi connectivity index (χ1n) is 4.38. The van der Waals surface area contributed by atoms with Crippen molar-refractivity contribution in [3.05, 3.63) is 0 Å². The molecule has 0 fully saturated rings. The van der Waals surface area contributed by atoms with Crippen LogP contribution in [0.3, 0.4) is 0 Å². The summed E-state index contributed by atoms with van der Waals surface area (Å²) in [6, 6.07) is 0. The van der Waals surface area contributed by atoms with Crippen LogP contribution in [-0.2, 0) is 14.4 Å². The zero-order chi connectivity index (χ0) is 13.1. The van der Waals surface area contributed by atoms with Gasteiger partial charge in [0.15, 0.2) is 17.3 Å². The van der Waals surface area contributed by atoms with Gasteiger partial charge < -0.3 is 15.3 Å². The number of aliphatic hydroxyl groups is 3. The second-order valence-corrected chi connectivity index (χ2v) is 3.65. The molecule has 0 aromatic carbocycles. The number of carbonyl (C=O) groups excluding carboxylic acids is 3. The molecule has 0 bridgehead atoms. The third-order valence-electron chi connectivity index (χ3n) is 2.23. The van der Waals surface area contributed by atoms with Gasteiger partial charge in [0.25, 0.3) is 0 Å². The summed E-state index contributed by atoms with van der Waals surface area (Å²) >= 11 is 5.17. The number of Topliss-reactive ketones (excluding diaryl/α,β-unsaturated/α-hetero) is 3. The van der Waals surface area contributed by atoms with E-state index < -0.39 is 41.0 Å². The Morgan fingerprint density at radius 1 is 1.25 bits per heavy atom. The van der Waals surface area contributed by atoms with Gasteiger partial charge in [0.2, 0.25) is 5.60 Å². The highest BCUT2D eigenvalue weighted by atomic mass is 35.5. The summed E-state index contributed by atoms with van der Waals surface area (Å²) in [5.41, 5.74) is -2.85. The maximum Gasteiger partial charge on any atom is 0.211 e. The molecule has 0 aliphatic carbocycles. The van der Waals surface area contributed by atoms with Gasteiger partial charge in [0.1, 0.15) is 12.2 Å². The lowest BCUT2D eigenvalue weighted by Crippen LogP contribution is -2.61. The van der Waals surface area contributed by atoms with Crippen molar-refractivity contribution in [3.8, 4) is 0 Å². The van der Waals surface area contributed by atoms with Crippen molar-refractivity contribution in [2.45, 2.75) is 31.7 Å². The van der Waals surface area contributed by atoms with E-state index in [1.165, 1.54) is 0 Å². The second-order valence-electron chi connectivity index (χ2n) is 3.38. The molecule has 0 aromatic rings. The van der Waals surface area contributed by atoms with Crippen LogP contribution in [0.2, 0.25) is 0 Å². The topological polar surface area (TPSA) is 112 Å². The number of rotatable bonds is 6. The van der Waals surface area contributed by atoms with Crippen LogP contribution in [0.1, 0.15) is 13.8 Å². The Morgan fingerprint density at radius 3 is 1.94 bits per heavy atom. The zero-order valence-corrected chi connectivity index (χ0v) is 9.56. The molecule has 0 aromatic heterocycles. The highest BCUT2D eigenvalue weighted by Crippen LogP contribution is 2.18. The predicted molar refractivity (Wildman–Crippen MR) is 54.1 cm³/mol. The van der Waals surface area contributed by atoms with Crippen molar-refractivity contribution < 1.29 is 29.7 Å². The van der Waals surface area contributed by atoms with Crippen molar-refractivity contribution >= 4 is 29.0 Å². The quantitative estimate of drug-likeness (QED) is 0.389. The van der Waals surface area contributed by atoms with Crippen LogP contribution in [0.5, 0.6) is 0 Å². The molecule has 0 saturated carbocycles. The third kappa shape index (κ3) is 2.65. The standard InChI is InChI=1S/C9H13ClO6/c1-4(11)7(14)8(15)9(16,5(2)12)6(13)3-10/h7-8,14-16H,3H2,1-2H3. The van der Waals surface area contributed by atoms with E-state index in [9.17, 15) is 29.7 Å². The van der Waals surface area contributed by atoms with E-state index in [0.29, 0.717) is 0 Å². The van der Waals surface area contributed by atoms with E-state index in [4.69, 9.17) is 11.6 Å². The Kier molecular flexibility index (Phi) is 5.21. The lowest BCUT2D eigenvalue weighted by atomic mass is 9.84. The number of ketones is 3. The normalized spacial score (nSPS) is 18.4. The van der Waals surface area contributed by atoms with Crippen LogP contribution in [-0.4, -0.2) is 56.4 Å². The van der Waals surface area contributed by atoms with Gasteiger partial charge in [-0.1, -0.05) is 0 Å². The molecule has 92 valence electrons. The number of hydrogen-bond donors (Lipinski definition) is 3. The van der Waals surface area contributed by atoms with Gasteiger partial charge in [-0.05, 0) is 13.8 Å². The fraction of sp³-hybridized carbons (Fsp3) is 0.667. The van der Waals surface area contributed by atoms with Crippen molar-refractivity contribution in [2.24, 2.45) is 0 Å². The largest absolute Gasteiger partial charge is 0.386 e. The van der Waals surface area contributed by atoms with E-state index in [0.717, 1.165) is 13.8 Å². The summed E-state index contributed by atoms with van der Waals surface area (Å²) in [4.78, 5) is 33.2. The number of hydrogen-bond acceptors (Lipinski definition) is 6. The molecule has 6 nitrogen and oxygen atoms in total. The fourth-order valence-corrected chi connectivity index (χ4v) is 1.33. The lowest BCUT2D eigenvalue weighted by molar-refractivity contribution is -0.171. The summed E-state index contributed by atoms with van der Waals surface area (Å²) in [6.45, 7) is 1.79. The summed E-state index contributed by atoms with van der Waals surface area (Å²) in [7, 11) is 0. The van der Waals surface area contributed by atoms with E-state index in [1.807, 2.05) is 0 Å². The molecular weight excluding hydrogens is 240 g/mol. The van der Waals surface area contributed by atoms with Gasteiger partial charge in [-0.25, -0.2) is 0 Å². The molecule has 3 N–H and O–H groups in total. The summed E-state index contributed by atoms with van der Waals surface area (Å²) in [5.74, 6) is -3.87. The molecule has 0 aliphatic rings. The molecule has 0 radical (unpaired) electrons. The third-order valence-corrected chi connectivity index (χ3v) is 2.47. The first-order valence-corrected chi connectivity index (χ1v) is 4.92. The smallest absolute Gasteiger partial charge is 0.211 e. The second kappa shape index (κ2) is 5.49. The summed E-state index contributed by atoms with van der Waals surface area (Å²) in [6.07, 6.45) is -4.25. The Morgan fingerprint density at radius 2 is 1.69 bits per heavy atom. The number of carbonyl (C=O) groups is 3. The van der Waals surface area contributed by atoms with Crippen LogP contribution >= 0.6 is 11.6 Å². The zero-order valence-electron chi connectivity index (χ0n) is 8.81. The lowest BCUT2D eigenvalue weighted by Gasteiger charge is -2.30. The van der Waals surface area contributed by atoms with Crippen molar-refractivity contribution in [1.82, 2.24) is 0 Å². The van der Waals surface area contributed by atoms with E-state index in [2.05, 4.69) is 0 Å². The van der Waals surface area contributed by atoms with Crippen LogP contribution in [0.25, 0.3) is 0 Å². The van der Waals surface area contributed by atoms with Gasteiger partial charge in [0.05, 0.1) is 5.88 Å². The van der Waals surface area contributed by atoms with Gasteiger partial charge in [-0.3, -0.25) is 14.4 Å². The van der Waals surface area contributed by atoms with E-state index in [1.54, 1.807) is 0 Å². The minimum atomic E-state index is -2.85. The van der Waals surface area contributed by atoms with Crippen LogP contribution in [0, 0.1) is 0 Å². The Labute approximate surface area is 96.8 Å². The minimum Gasteiger partial charge on any atom is -0.386 e. The Hall–Kier alpha value is -0.820. The molecule has 0 amide bonds. The Bertz CT molecular complexity index is 315. The first-order chi connectivity index (χ1) is 7.19. The fourth-order valence-electron chi connectivity index (χ4n) is 1.12. The Balaban J connectivity index is 5.29. The SMILES string of the molecule is CC(=O)C(O)C(O)C(O)(C(C)=O)C(=O)CCl. The first kappa shape index (κ1) is 15.2. The summed E-state index contributed by atoms with van der Waals surface area (Å²) in [5, 5.41) is 28.4. The number of aliphatic hydroxyl groups excluding tert-OH is 2. The highest BCUT2D eigenvalue weighted by Gasteiger charge is 2.50. The van der Waals surface area contributed by atoms with E-state index in [-0.39, 0.29) is 0 Å². The molecule has 7 heteroatoms. The van der Waals surface area contributed by atoms with Crippen molar-refractivity contribution in [2.75, 3.05) is 5.88 Å². The van der Waals surface area contributed by atoms with Crippen LogP contribution in [0.4, 0.5) is 0 Å². The molecule has 0 rings (SSSR count).